The van der Waals surface area contributed by atoms with Crippen molar-refractivity contribution in [3.8, 4) is 0 Å². The molecule has 8 nitrogen and oxygen atoms in total. The Hall–Kier alpha value is -1.65. The van der Waals surface area contributed by atoms with Crippen LogP contribution in [-0.2, 0) is 11.3 Å². The topological polar surface area (TPSA) is 108 Å². The summed E-state index contributed by atoms with van der Waals surface area (Å²) >= 11 is 2.08. The molecule has 0 fully saturated rings. The van der Waals surface area contributed by atoms with Crippen LogP contribution in [-0.4, -0.2) is 38.0 Å². The molecule has 2 aromatic rings. The molecule has 0 aliphatic carbocycles. The second kappa shape index (κ2) is 6.00. The van der Waals surface area contributed by atoms with Gasteiger partial charge in [0, 0.05) is 6.54 Å². The highest BCUT2D eigenvalue weighted by Gasteiger charge is 2.16. The molecule has 2 heterocycles. The van der Waals surface area contributed by atoms with Crippen LogP contribution in [0, 0.1) is 3.70 Å². The fourth-order valence-corrected chi connectivity index (χ4v) is 2.50. The minimum atomic E-state index is -0.514. The molecule has 114 valence electrons. The molecule has 21 heavy (non-hydrogen) atoms. The van der Waals surface area contributed by atoms with Gasteiger partial charge < -0.3 is 15.8 Å². The summed E-state index contributed by atoms with van der Waals surface area (Å²) in [5.74, 6) is 0.399. The SMILES string of the molecule is CC(C)(C)OC(=O)NCCn1nc(I)c2c(N)ncnc21. The van der Waals surface area contributed by atoms with Crippen LogP contribution in [0.4, 0.5) is 10.6 Å². The van der Waals surface area contributed by atoms with Gasteiger partial charge in [-0.2, -0.15) is 5.10 Å². The lowest BCUT2D eigenvalue weighted by atomic mass is 10.2. The summed E-state index contributed by atoms with van der Waals surface area (Å²) in [6.45, 7) is 6.29. The molecule has 0 unspecified atom stereocenters. The predicted octanol–water partition coefficient (Wildman–Crippen LogP) is 1.54. The van der Waals surface area contributed by atoms with E-state index < -0.39 is 11.7 Å². The lowest BCUT2D eigenvalue weighted by molar-refractivity contribution is 0.0526. The monoisotopic (exact) mass is 404 g/mol. The van der Waals surface area contributed by atoms with Crippen molar-refractivity contribution in [1.82, 2.24) is 25.1 Å². The summed E-state index contributed by atoms with van der Waals surface area (Å²) in [4.78, 5) is 19.7. The van der Waals surface area contributed by atoms with E-state index in [1.165, 1.54) is 6.33 Å². The first kappa shape index (κ1) is 15.7. The van der Waals surface area contributed by atoms with E-state index in [9.17, 15) is 4.79 Å². The summed E-state index contributed by atoms with van der Waals surface area (Å²) in [6.07, 6.45) is 0.940. The fourth-order valence-electron chi connectivity index (χ4n) is 1.72. The van der Waals surface area contributed by atoms with Gasteiger partial charge in [0.25, 0.3) is 0 Å². The zero-order chi connectivity index (χ0) is 15.6. The molecule has 0 aliphatic rings. The average Bonchev–Trinajstić information content (AvgIpc) is 2.65. The Morgan fingerprint density at radius 3 is 2.86 bits per heavy atom. The number of hydrogen-bond donors (Lipinski definition) is 2. The maximum Gasteiger partial charge on any atom is 0.407 e. The van der Waals surface area contributed by atoms with Crippen LogP contribution >= 0.6 is 22.6 Å². The van der Waals surface area contributed by atoms with Crippen LogP contribution in [0.3, 0.4) is 0 Å². The Bertz CT molecular complexity index is 664. The third-order valence-corrected chi connectivity index (χ3v) is 3.26. The van der Waals surface area contributed by atoms with E-state index in [1.807, 2.05) is 20.8 Å². The van der Waals surface area contributed by atoms with E-state index in [-0.39, 0.29) is 0 Å². The van der Waals surface area contributed by atoms with Gasteiger partial charge >= 0.3 is 6.09 Å². The number of anilines is 1. The lowest BCUT2D eigenvalue weighted by Crippen LogP contribution is -2.34. The standard InChI is InChI=1S/C12H17IN6O2/c1-12(2,3)21-11(20)15-4-5-19-10-7(8(13)18-19)9(14)16-6-17-10/h6H,4-5H2,1-3H3,(H,15,20)(H2,14,16,17). The van der Waals surface area contributed by atoms with Gasteiger partial charge in [-0.25, -0.2) is 19.4 Å². The van der Waals surface area contributed by atoms with Crippen LogP contribution < -0.4 is 11.1 Å². The van der Waals surface area contributed by atoms with Gasteiger partial charge in [0.15, 0.2) is 5.65 Å². The van der Waals surface area contributed by atoms with Crippen LogP contribution in [0.2, 0.25) is 0 Å². The zero-order valence-electron chi connectivity index (χ0n) is 12.1. The smallest absolute Gasteiger partial charge is 0.407 e. The third kappa shape index (κ3) is 3.93. The van der Waals surface area contributed by atoms with Gasteiger partial charge in [0.1, 0.15) is 21.4 Å². The van der Waals surface area contributed by atoms with Gasteiger partial charge in [-0.1, -0.05) is 0 Å². The number of nitrogens with zero attached hydrogens (tertiary/aromatic N) is 4. The second-order valence-corrected chi connectivity index (χ2v) is 6.42. The van der Waals surface area contributed by atoms with Crippen LogP contribution in [0.25, 0.3) is 11.0 Å². The number of fused-ring (bicyclic) bond motifs is 1. The van der Waals surface area contributed by atoms with Crippen molar-refractivity contribution in [2.24, 2.45) is 0 Å². The van der Waals surface area contributed by atoms with Crippen molar-refractivity contribution in [3.63, 3.8) is 0 Å². The van der Waals surface area contributed by atoms with Crippen LogP contribution in [0.15, 0.2) is 6.33 Å². The minimum Gasteiger partial charge on any atom is -0.444 e. The largest absolute Gasteiger partial charge is 0.444 e. The van der Waals surface area contributed by atoms with Gasteiger partial charge in [-0.05, 0) is 43.4 Å². The summed E-state index contributed by atoms with van der Waals surface area (Å²) in [5, 5.41) is 7.76. The van der Waals surface area contributed by atoms with Crippen molar-refractivity contribution in [2.45, 2.75) is 32.9 Å². The van der Waals surface area contributed by atoms with Crippen molar-refractivity contribution >= 4 is 45.5 Å². The van der Waals surface area contributed by atoms with Crippen LogP contribution in [0.5, 0.6) is 0 Å². The number of carbonyl (C=O) groups excluding carboxylic acids is 1. The molecule has 0 aliphatic heterocycles. The summed E-state index contributed by atoms with van der Waals surface area (Å²) in [6, 6.07) is 0. The number of hydrogen-bond acceptors (Lipinski definition) is 6. The van der Waals surface area contributed by atoms with Gasteiger partial charge in [0.2, 0.25) is 0 Å². The van der Waals surface area contributed by atoms with Crippen molar-refractivity contribution in [1.29, 1.82) is 0 Å². The number of aromatic nitrogens is 4. The number of carbonyl (C=O) groups is 1. The molecule has 0 saturated carbocycles. The molecule has 0 bridgehead atoms. The van der Waals surface area contributed by atoms with E-state index >= 15 is 0 Å². The lowest BCUT2D eigenvalue weighted by Gasteiger charge is -2.19. The molecule has 0 aromatic carbocycles. The molecule has 0 atom stereocenters. The van der Waals surface area contributed by atoms with E-state index in [2.05, 4.69) is 43.0 Å². The number of amides is 1. The Morgan fingerprint density at radius 1 is 1.48 bits per heavy atom. The molecule has 0 saturated heterocycles. The molecule has 0 spiro atoms. The van der Waals surface area contributed by atoms with Crippen molar-refractivity contribution in [2.75, 3.05) is 12.3 Å². The fraction of sp³-hybridized carbons (Fsp3) is 0.500. The second-order valence-electron chi connectivity index (χ2n) is 5.40. The number of nitrogens with two attached hydrogens (primary N) is 1. The molecule has 9 heteroatoms. The number of rotatable bonds is 3. The molecule has 3 N–H and O–H groups in total. The normalized spacial score (nSPS) is 11.6. The Balaban J connectivity index is 2.02. The summed E-state index contributed by atoms with van der Waals surface area (Å²) < 4.78 is 7.58. The third-order valence-electron chi connectivity index (χ3n) is 2.51. The highest BCUT2D eigenvalue weighted by molar-refractivity contribution is 14.1. The number of ether oxygens (including phenoxy) is 1. The van der Waals surface area contributed by atoms with Gasteiger partial charge in [-0.3, -0.25) is 0 Å². The van der Waals surface area contributed by atoms with E-state index in [0.29, 0.717) is 24.6 Å². The summed E-state index contributed by atoms with van der Waals surface area (Å²) in [7, 11) is 0. The molecule has 1 amide bonds. The number of alkyl carbamates (subject to hydrolysis) is 1. The first-order chi connectivity index (χ1) is 9.78. The number of halogens is 1. The van der Waals surface area contributed by atoms with E-state index in [0.717, 1.165) is 9.09 Å². The molecule has 2 rings (SSSR count). The molecule has 0 radical (unpaired) electrons. The van der Waals surface area contributed by atoms with Crippen molar-refractivity contribution in [3.05, 3.63) is 10.0 Å². The first-order valence-electron chi connectivity index (χ1n) is 6.37. The Kier molecular flexibility index (Phi) is 4.49. The van der Waals surface area contributed by atoms with Crippen LogP contribution in [0.1, 0.15) is 20.8 Å². The van der Waals surface area contributed by atoms with Gasteiger partial charge in [-0.15, -0.1) is 0 Å². The van der Waals surface area contributed by atoms with E-state index in [1.54, 1.807) is 4.68 Å². The zero-order valence-corrected chi connectivity index (χ0v) is 14.2. The summed E-state index contributed by atoms with van der Waals surface area (Å²) in [5.41, 5.74) is 5.95. The number of nitrogens with one attached hydrogen (secondary N) is 1. The predicted molar refractivity (Wildman–Crippen MR) is 86.7 cm³/mol. The Morgan fingerprint density at radius 2 is 2.19 bits per heavy atom. The molecular weight excluding hydrogens is 387 g/mol. The first-order valence-corrected chi connectivity index (χ1v) is 7.45. The average molecular weight is 404 g/mol. The number of nitrogen functional groups attached to an aromatic ring is 1. The minimum absolute atomic E-state index is 0.381. The maximum absolute atomic E-state index is 11.6. The van der Waals surface area contributed by atoms with E-state index in [4.69, 9.17) is 10.5 Å². The maximum atomic E-state index is 11.6. The van der Waals surface area contributed by atoms with Crippen molar-refractivity contribution < 1.29 is 9.53 Å². The highest BCUT2D eigenvalue weighted by atomic mass is 127. The highest BCUT2D eigenvalue weighted by Crippen LogP contribution is 2.22. The Labute approximate surface area is 135 Å². The van der Waals surface area contributed by atoms with Gasteiger partial charge in [0.05, 0.1) is 11.9 Å². The quantitative estimate of drug-likeness (QED) is 0.752. The molecule has 2 aromatic heterocycles. The molecular formula is C12H17IN6O2.